The van der Waals surface area contributed by atoms with Gasteiger partial charge in [-0.15, -0.1) is 0 Å². The van der Waals surface area contributed by atoms with E-state index in [1.807, 2.05) is 0 Å². The van der Waals surface area contributed by atoms with Crippen LogP contribution >= 0.6 is 11.8 Å². The number of halogens is 1. The summed E-state index contributed by atoms with van der Waals surface area (Å²) in [6.45, 7) is 0. The molecule has 0 unspecified atom stereocenters. The Kier molecular flexibility index (Phi) is 2.94. The van der Waals surface area contributed by atoms with Crippen LogP contribution in [-0.2, 0) is 0 Å². The van der Waals surface area contributed by atoms with Crippen LogP contribution in [0.4, 0.5) is 0 Å². The number of methoxy groups -OCH3 is 1. The van der Waals surface area contributed by atoms with E-state index >= 15 is 0 Å². The highest BCUT2D eigenvalue weighted by molar-refractivity contribution is 6.18. The lowest BCUT2D eigenvalue weighted by atomic mass is 10.2. The highest BCUT2D eigenvalue weighted by atomic mass is 35.5. The molecule has 3 nitrogen and oxygen atoms in total. The van der Waals surface area contributed by atoms with Crippen molar-refractivity contribution in [1.82, 2.24) is 0 Å². The molecule has 0 atom stereocenters. The second-order valence-corrected chi connectivity index (χ2v) is 2.35. The summed E-state index contributed by atoms with van der Waals surface area (Å²) in [5.74, 6) is 0.777. The van der Waals surface area contributed by atoms with Gasteiger partial charge >= 0.3 is 0 Å². The van der Waals surface area contributed by atoms with E-state index in [0.717, 1.165) is 0 Å². The number of hydrogen-bond donors (Lipinski definition) is 1. The van der Waals surface area contributed by atoms with Gasteiger partial charge in [0, 0.05) is 17.3 Å². The van der Waals surface area contributed by atoms with Crippen LogP contribution in [0.15, 0.2) is 22.7 Å². The van der Waals surface area contributed by atoms with E-state index in [1.165, 1.54) is 12.3 Å². The average Bonchev–Trinajstić information content (AvgIpc) is 2.09. The molecule has 0 saturated heterocycles. The molecule has 0 fully saturated rings. The largest absolute Gasteiger partial charge is 0.507 e. The molecule has 0 spiro atoms. The summed E-state index contributed by atoms with van der Waals surface area (Å²) in [5.41, 5.74) is 0.532. The van der Waals surface area contributed by atoms with Crippen molar-refractivity contribution in [3.63, 3.8) is 0 Å². The van der Waals surface area contributed by atoms with E-state index in [9.17, 15) is 5.11 Å². The molecular formula is C8H8ClNO2. The first-order chi connectivity index (χ1) is 5.77. The summed E-state index contributed by atoms with van der Waals surface area (Å²) in [5, 5.41) is 9.26. The normalized spacial score (nSPS) is 10.5. The van der Waals surface area contributed by atoms with Crippen molar-refractivity contribution in [3.05, 3.63) is 23.8 Å². The van der Waals surface area contributed by atoms with Gasteiger partial charge in [-0.25, -0.2) is 0 Å². The van der Waals surface area contributed by atoms with Crippen molar-refractivity contribution in [2.75, 3.05) is 7.11 Å². The molecule has 0 aromatic heterocycles. The van der Waals surface area contributed by atoms with Crippen LogP contribution in [0.5, 0.6) is 11.5 Å². The van der Waals surface area contributed by atoms with Crippen LogP contribution in [0.2, 0.25) is 0 Å². The molecule has 12 heavy (non-hydrogen) atoms. The van der Waals surface area contributed by atoms with Crippen LogP contribution < -0.4 is 4.74 Å². The summed E-state index contributed by atoms with van der Waals surface area (Å²) < 4.78 is 8.21. The highest BCUT2D eigenvalue weighted by Gasteiger charge is 1.99. The predicted molar refractivity (Wildman–Crippen MR) is 48.1 cm³/mol. The number of ether oxygens (including phenoxy) is 1. The number of rotatable bonds is 2. The highest BCUT2D eigenvalue weighted by Crippen LogP contribution is 2.21. The topological polar surface area (TPSA) is 41.8 Å². The molecular weight excluding hydrogens is 178 g/mol. The van der Waals surface area contributed by atoms with E-state index in [2.05, 4.69) is 4.51 Å². The first kappa shape index (κ1) is 8.87. The zero-order chi connectivity index (χ0) is 8.97. The number of aromatic hydroxyl groups is 1. The van der Waals surface area contributed by atoms with Crippen LogP contribution in [0.1, 0.15) is 5.56 Å². The molecule has 1 rings (SSSR count). The summed E-state index contributed by atoms with van der Waals surface area (Å²) >= 11 is 5.12. The maximum absolute atomic E-state index is 9.26. The first-order valence-electron chi connectivity index (χ1n) is 3.29. The fourth-order valence-corrected chi connectivity index (χ4v) is 0.921. The minimum atomic E-state index is 0.125. The molecule has 4 heteroatoms. The van der Waals surface area contributed by atoms with Crippen molar-refractivity contribution >= 4 is 18.0 Å². The standard InChI is InChI=1S/C8H8ClNO2/c1-12-7-2-3-8(11)6(4-7)5-10-9/h2-5,11H,1H3. The molecule has 0 aliphatic heterocycles. The van der Waals surface area contributed by atoms with Gasteiger partial charge in [-0.05, 0) is 18.2 Å². The van der Waals surface area contributed by atoms with Crippen molar-refractivity contribution in [2.24, 2.45) is 4.51 Å². The van der Waals surface area contributed by atoms with Gasteiger partial charge in [-0.2, -0.15) is 4.51 Å². The monoisotopic (exact) mass is 185 g/mol. The summed E-state index contributed by atoms with van der Waals surface area (Å²) in [6, 6.07) is 4.81. The second-order valence-electron chi connectivity index (χ2n) is 2.15. The zero-order valence-electron chi connectivity index (χ0n) is 6.49. The number of phenolic OH excluding ortho intramolecular Hbond substituents is 1. The Bertz CT molecular complexity index is 299. The molecule has 0 heterocycles. The maximum atomic E-state index is 9.26. The molecule has 0 bridgehead atoms. The van der Waals surface area contributed by atoms with Gasteiger partial charge in [0.1, 0.15) is 11.5 Å². The van der Waals surface area contributed by atoms with Gasteiger partial charge < -0.3 is 9.84 Å². The lowest BCUT2D eigenvalue weighted by Gasteiger charge is -2.01. The minimum Gasteiger partial charge on any atom is -0.507 e. The Labute approximate surface area is 75.4 Å². The smallest absolute Gasteiger partial charge is 0.124 e. The SMILES string of the molecule is COc1ccc(O)c(C=NCl)c1. The summed E-state index contributed by atoms with van der Waals surface area (Å²) in [6.07, 6.45) is 1.35. The van der Waals surface area contributed by atoms with Crippen LogP contribution in [-0.4, -0.2) is 18.4 Å². The quantitative estimate of drug-likeness (QED) is 0.716. The summed E-state index contributed by atoms with van der Waals surface area (Å²) in [4.78, 5) is 0. The maximum Gasteiger partial charge on any atom is 0.124 e. The molecule has 1 aromatic rings. The molecule has 1 N–H and O–H groups in total. The van der Waals surface area contributed by atoms with Gasteiger partial charge in [0.25, 0.3) is 0 Å². The average molecular weight is 186 g/mol. The fraction of sp³-hybridized carbons (Fsp3) is 0.125. The molecule has 0 radical (unpaired) electrons. The molecule has 0 amide bonds. The van der Waals surface area contributed by atoms with Crippen LogP contribution in [0, 0.1) is 0 Å². The number of hydrogen-bond acceptors (Lipinski definition) is 3. The fourth-order valence-electron chi connectivity index (χ4n) is 0.816. The number of phenols is 1. The lowest BCUT2D eigenvalue weighted by molar-refractivity contribution is 0.412. The number of benzene rings is 1. The van der Waals surface area contributed by atoms with Gasteiger partial charge in [0.05, 0.1) is 13.3 Å². The van der Waals surface area contributed by atoms with E-state index in [4.69, 9.17) is 16.5 Å². The van der Waals surface area contributed by atoms with Crippen LogP contribution in [0.25, 0.3) is 0 Å². The molecule has 1 aromatic carbocycles. The van der Waals surface area contributed by atoms with Gasteiger partial charge in [0.15, 0.2) is 0 Å². The third-order valence-electron chi connectivity index (χ3n) is 1.42. The van der Waals surface area contributed by atoms with Crippen molar-refractivity contribution in [3.8, 4) is 11.5 Å². The Balaban J connectivity index is 3.08. The first-order valence-corrected chi connectivity index (χ1v) is 3.63. The Hall–Kier alpha value is -1.22. The van der Waals surface area contributed by atoms with Gasteiger partial charge in [-0.1, -0.05) is 0 Å². The Morgan fingerprint density at radius 2 is 2.33 bits per heavy atom. The second kappa shape index (κ2) is 3.97. The van der Waals surface area contributed by atoms with Gasteiger partial charge in [-0.3, -0.25) is 0 Å². The van der Waals surface area contributed by atoms with E-state index in [-0.39, 0.29) is 5.75 Å². The van der Waals surface area contributed by atoms with E-state index < -0.39 is 0 Å². The van der Waals surface area contributed by atoms with Crippen LogP contribution in [0.3, 0.4) is 0 Å². The number of nitrogens with zero attached hydrogens (tertiary/aromatic N) is 1. The van der Waals surface area contributed by atoms with Crippen molar-refractivity contribution in [1.29, 1.82) is 0 Å². The lowest BCUT2D eigenvalue weighted by Crippen LogP contribution is -1.86. The van der Waals surface area contributed by atoms with Crippen molar-refractivity contribution < 1.29 is 9.84 Å². The summed E-state index contributed by atoms with van der Waals surface area (Å²) in [7, 11) is 1.55. The molecule has 0 saturated carbocycles. The Morgan fingerprint density at radius 1 is 1.58 bits per heavy atom. The van der Waals surface area contributed by atoms with E-state index in [1.54, 1.807) is 19.2 Å². The minimum absolute atomic E-state index is 0.125. The predicted octanol–water partition coefficient (Wildman–Crippen LogP) is 1.97. The third kappa shape index (κ3) is 1.89. The van der Waals surface area contributed by atoms with Gasteiger partial charge in [0.2, 0.25) is 0 Å². The third-order valence-corrected chi connectivity index (χ3v) is 1.52. The zero-order valence-corrected chi connectivity index (χ0v) is 7.25. The van der Waals surface area contributed by atoms with E-state index in [0.29, 0.717) is 11.3 Å². The molecule has 0 aliphatic carbocycles. The Morgan fingerprint density at radius 3 is 2.92 bits per heavy atom. The molecule has 64 valence electrons. The molecule has 0 aliphatic rings. The van der Waals surface area contributed by atoms with Crippen molar-refractivity contribution in [2.45, 2.75) is 0 Å².